The average molecular weight is 438 g/mol. The highest BCUT2D eigenvalue weighted by molar-refractivity contribution is 6.30. The molecule has 3 rings (SSSR count). The first kappa shape index (κ1) is 22.0. The Bertz CT molecular complexity index is 951. The minimum Gasteiger partial charge on any atom is -0.385 e. The summed E-state index contributed by atoms with van der Waals surface area (Å²) < 4.78 is 29.7. The van der Waals surface area contributed by atoms with Gasteiger partial charge in [0.25, 0.3) is 5.91 Å². The Balaban J connectivity index is 1.96. The topological polar surface area (TPSA) is 72.9 Å². The number of carbonyl (C=O) groups excluding carboxylic acids is 2. The molecule has 1 heterocycles. The molecule has 1 aromatic rings. The van der Waals surface area contributed by atoms with Crippen LogP contribution in [0.4, 0.5) is 8.78 Å². The zero-order chi connectivity index (χ0) is 22.1. The van der Waals surface area contributed by atoms with Crippen LogP contribution in [0.3, 0.4) is 0 Å². The molecular formula is C21H22ClF2N3O3. The van der Waals surface area contributed by atoms with E-state index in [1.165, 1.54) is 36.2 Å². The van der Waals surface area contributed by atoms with Gasteiger partial charge in [0.15, 0.2) is 10.9 Å². The highest BCUT2D eigenvalue weighted by atomic mass is 35.5. The highest BCUT2D eigenvalue weighted by Gasteiger charge is 2.44. The van der Waals surface area contributed by atoms with Gasteiger partial charge in [0.2, 0.25) is 5.91 Å². The molecule has 0 radical (unpaired) electrons. The molecule has 0 saturated carbocycles. The van der Waals surface area contributed by atoms with Gasteiger partial charge in [-0.1, -0.05) is 36.4 Å². The number of nitrogens with zero attached hydrogens (tertiary/aromatic N) is 2. The van der Waals surface area contributed by atoms with Crippen molar-refractivity contribution in [2.45, 2.75) is 11.5 Å². The number of aliphatic hydroxyl groups is 1. The van der Waals surface area contributed by atoms with E-state index in [1.54, 1.807) is 4.90 Å². The number of piperazine rings is 1. The summed E-state index contributed by atoms with van der Waals surface area (Å²) >= 11 is 6.22. The quantitative estimate of drug-likeness (QED) is 0.559. The number of hydrogen-bond acceptors (Lipinski definition) is 4. The Kier molecular flexibility index (Phi) is 6.28. The monoisotopic (exact) mass is 437 g/mol. The van der Waals surface area contributed by atoms with Crippen LogP contribution in [0.15, 0.2) is 54.0 Å². The molecule has 6 nitrogen and oxygen atoms in total. The Morgan fingerprint density at radius 1 is 1.20 bits per heavy atom. The number of alkyl halides is 1. The van der Waals surface area contributed by atoms with Gasteiger partial charge in [0.1, 0.15) is 5.82 Å². The van der Waals surface area contributed by atoms with Gasteiger partial charge in [-0.25, -0.2) is 8.78 Å². The molecule has 1 aliphatic carbocycles. The van der Waals surface area contributed by atoms with Gasteiger partial charge in [-0.05, 0) is 12.1 Å². The number of hydrogen-bond donors (Lipinski definition) is 2. The Hall–Kier alpha value is -2.71. The van der Waals surface area contributed by atoms with Crippen molar-refractivity contribution in [2.24, 2.45) is 0 Å². The molecule has 1 aliphatic heterocycles. The summed E-state index contributed by atoms with van der Waals surface area (Å²) in [6.45, 7) is 4.54. The number of amides is 2. The molecule has 30 heavy (non-hydrogen) atoms. The molecule has 1 atom stereocenters. The molecule has 1 fully saturated rings. The van der Waals surface area contributed by atoms with E-state index in [4.69, 9.17) is 11.6 Å². The van der Waals surface area contributed by atoms with Crippen molar-refractivity contribution in [1.29, 1.82) is 0 Å². The lowest BCUT2D eigenvalue weighted by molar-refractivity contribution is -0.134. The van der Waals surface area contributed by atoms with Crippen molar-refractivity contribution in [3.8, 4) is 0 Å². The van der Waals surface area contributed by atoms with Gasteiger partial charge in [-0.3, -0.25) is 9.59 Å². The summed E-state index contributed by atoms with van der Waals surface area (Å²) in [5, 5.41) is 11.1. The van der Waals surface area contributed by atoms with E-state index in [-0.39, 0.29) is 35.8 Å². The van der Waals surface area contributed by atoms with Crippen LogP contribution in [-0.2, 0) is 9.59 Å². The minimum absolute atomic E-state index is 0.0453. The SMILES string of the molecule is C=CC(=O)N1CCN(C(=O)C2=C(NC)C(F)=C(c3ccccc3F)C(O)(Cl)C2)CC1. The number of halogens is 3. The molecule has 2 aliphatic rings. The maximum atomic E-state index is 15.4. The number of nitrogens with one attached hydrogen (secondary N) is 1. The van der Waals surface area contributed by atoms with Crippen molar-refractivity contribution in [1.82, 2.24) is 15.1 Å². The summed E-state index contributed by atoms with van der Waals surface area (Å²) in [7, 11) is 1.43. The van der Waals surface area contributed by atoms with E-state index >= 15 is 4.39 Å². The van der Waals surface area contributed by atoms with E-state index in [1.807, 2.05) is 0 Å². The molecule has 1 aromatic carbocycles. The average Bonchev–Trinajstić information content (AvgIpc) is 2.73. The molecule has 0 bridgehead atoms. The Labute approximate surface area is 178 Å². The highest BCUT2D eigenvalue weighted by Crippen LogP contribution is 2.46. The Morgan fingerprint density at radius 2 is 1.80 bits per heavy atom. The van der Waals surface area contributed by atoms with Crippen molar-refractivity contribution in [3.63, 3.8) is 0 Å². The molecule has 1 saturated heterocycles. The van der Waals surface area contributed by atoms with E-state index in [0.717, 1.165) is 6.07 Å². The smallest absolute Gasteiger partial charge is 0.252 e. The predicted molar refractivity (Wildman–Crippen MR) is 109 cm³/mol. The van der Waals surface area contributed by atoms with Gasteiger partial charge < -0.3 is 20.2 Å². The fourth-order valence-electron chi connectivity index (χ4n) is 3.72. The third-order valence-corrected chi connectivity index (χ3v) is 5.56. The summed E-state index contributed by atoms with van der Waals surface area (Å²) in [5.41, 5.74) is -0.794. The number of allylic oxidation sites excluding steroid dienone is 1. The normalized spacial score (nSPS) is 22.3. The largest absolute Gasteiger partial charge is 0.385 e. The number of carbonyl (C=O) groups is 2. The second-order valence-corrected chi connectivity index (χ2v) is 7.66. The zero-order valence-electron chi connectivity index (χ0n) is 16.4. The first-order valence-corrected chi connectivity index (χ1v) is 9.77. The van der Waals surface area contributed by atoms with E-state index in [9.17, 15) is 19.1 Å². The van der Waals surface area contributed by atoms with Crippen molar-refractivity contribution >= 4 is 29.0 Å². The van der Waals surface area contributed by atoms with Gasteiger partial charge in [0.05, 0.1) is 5.70 Å². The fourth-order valence-corrected chi connectivity index (χ4v) is 4.04. The van der Waals surface area contributed by atoms with Crippen molar-refractivity contribution in [3.05, 3.63) is 65.4 Å². The van der Waals surface area contributed by atoms with Crippen LogP contribution in [0.1, 0.15) is 12.0 Å². The third-order valence-electron chi connectivity index (χ3n) is 5.24. The molecule has 0 aromatic heterocycles. The predicted octanol–water partition coefficient (Wildman–Crippen LogP) is 2.17. The van der Waals surface area contributed by atoms with Crippen molar-refractivity contribution in [2.75, 3.05) is 33.2 Å². The molecular weight excluding hydrogens is 416 g/mol. The van der Waals surface area contributed by atoms with E-state index in [0.29, 0.717) is 13.1 Å². The van der Waals surface area contributed by atoms with Crippen LogP contribution in [0, 0.1) is 5.82 Å². The second kappa shape index (κ2) is 8.57. The maximum Gasteiger partial charge on any atom is 0.252 e. The molecule has 160 valence electrons. The van der Waals surface area contributed by atoms with Gasteiger partial charge in [0, 0.05) is 56.4 Å². The number of benzene rings is 1. The third kappa shape index (κ3) is 3.97. The fraction of sp³-hybridized carbons (Fsp3) is 0.333. The van der Waals surface area contributed by atoms with Gasteiger partial charge in [-0.2, -0.15) is 0 Å². The lowest BCUT2D eigenvalue weighted by atomic mass is 9.86. The van der Waals surface area contributed by atoms with Crippen LogP contribution in [0.5, 0.6) is 0 Å². The van der Waals surface area contributed by atoms with Crippen LogP contribution in [0.25, 0.3) is 5.57 Å². The Morgan fingerprint density at radius 3 is 2.37 bits per heavy atom. The number of rotatable bonds is 4. The number of likely N-dealkylation sites (N-methyl/N-ethyl adjacent to an activating group) is 1. The second-order valence-electron chi connectivity index (χ2n) is 7.03. The molecule has 1 unspecified atom stereocenters. The van der Waals surface area contributed by atoms with Gasteiger partial charge in [-0.15, -0.1) is 0 Å². The summed E-state index contributed by atoms with van der Waals surface area (Å²) in [4.78, 5) is 27.8. The molecule has 2 amide bonds. The van der Waals surface area contributed by atoms with Crippen molar-refractivity contribution < 1.29 is 23.5 Å². The lowest BCUT2D eigenvalue weighted by Crippen LogP contribution is -2.51. The maximum absolute atomic E-state index is 15.4. The first-order chi connectivity index (χ1) is 14.2. The summed E-state index contributed by atoms with van der Waals surface area (Å²) in [6, 6.07) is 5.39. The van der Waals surface area contributed by atoms with Crippen LogP contribution in [0.2, 0.25) is 0 Å². The van der Waals surface area contributed by atoms with Crippen LogP contribution < -0.4 is 5.32 Å². The standard InChI is InChI=1S/C21H22ClF2N3O3/c1-3-16(28)26-8-10-27(11-9-26)20(29)14-12-21(22,30)17(18(24)19(14)25-2)13-6-4-5-7-15(13)23/h3-7,25,30H,1,8-12H2,2H3. The molecule has 2 N–H and O–H groups in total. The van der Waals surface area contributed by atoms with E-state index < -0.39 is 34.6 Å². The lowest BCUT2D eigenvalue weighted by Gasteiger charge is -2.37. The summed E-state index contributed by atoms with van der Waals surface area (Å²) in [6.07, 6.45) is 0.796. The van der Waals surface area contributed by atoms with Gasteiger partial charge >= 0.3 is 0 Å². The van der Waals surface area contributed by atoms with Crippen LogP contribution >= 0.6 is 11.6 Å². The van der Waals surface area contributed by atoms with Crippen LogP contribution in [-0.4, -0.2) is 65.0 Å². The minimum atomic E-state index is -2.31. The molecule has 0 spiro atoms. The zero-order valence-corrected chi connectivity index (χ0v) is 17.2. The molecule has 9 heteroatoms. The summed E-state index contributed by atoms with van der Waals surface area (Å²) in [5.74, 6) is -2.47. The first-order valence-electron chi connectivity index (χ1n) is 9.39. The van der Waals surface area contributed by atoms with E-state index in [2.05, 4.69) is 11.9 Å².